The monoisotopic (exact) mass is 335 g/mol. The molecule has 2 heterocycles. The van der Waals surface area contributed by atoms with Crippen molar-refractivity contribution in [2.24, 2.45) is 0 Å². The average Bonchev–Trinajstić information content (AvgIpc) is 3.07. The fourth-order valence-electron chi connectivity index (χ4n) is 3.16. The second kappa shape index (κ2) is 5.98. The number of hydrogen-bond acceptors (Lipinski definition) is 4. The number of aliphatic hydroxyl groups is 1. The van der Waals surface area contributed by atoms with E-state index in [0.29, 0.717) is 30.9 Å². The fourth-order valence-corrected chi connectivity index (χ4v) is 5.04. The molecule has 0 aliphatic carbocycles. The Bertz CT molecular complexity index is 827. The van der Waals surface area contributed by atoms with E-state index < -0.39 is 10.0 Å². The SMILES string of the molecule is Cc1nn(CCCO)c(C)c1S(=O)(=O)N1CCc2ccccc21. The van der Waals surface area contributed by atoms with Gasteiger partial charge in [0.05, 0.1) is 17.1 Å². The third-order valence-corrected chi connectivity index (χ3v) is 6.30. The van der Waals surface area contributed by atoms with E-state index in [1.54, 1.807) is 18.5 Å². The van der Waals surface area contributed by atoms with Gasteiger partial charge in [-0.1, -0.05) is 18.2 Å². The van der Waals surface area contributed by atoms with Crippen molar-refractivity contribution in [3.05, 3.63) is 41.2 Å². The van der Waals surface area contributed by atoms with Crippen molar-refractivity contribution in [3.8, 4) is 0 Å². The predicted octanol–water partition coefficient (Wildman–Crippen LogP) is 1.63. The number of fused-ring (bicyclic) bond motifs is 1. The first-order valence-corrected chi connectivity index (χ1v) is 9.16. The normalized spacial score (nSPS) is 14.3. The zero-order valence-corrected chi connectivity index (χ0v) is 14.2. The van der Waals surface area contributed by atoms with E-state index in [2.05, 4.69) is 5.10 Å². The van der Waals surface area contributed by atoms with Crippen molar-refractivity contribution >= 4 is 15.7 Å². The second-order valence-corrected chi connectivity index (χ2v) is 7.56. The summed E-state index contributed by atoms with van der Waals surface area (Å²) in [6, 6.07) is 7.60. The summed E-state index contributed by atoms with van der Waals surface area (Å²) in [6.07, 6.45) is 1.28. The number of benzene rings is 1. The Kier molecular flexibility index (Phi) is 4.16. The summed E-state index contributed by atoms with van der Waals surface area (Å²) in [5, 5.41) is 13.3. The molecule has 0 fully saturated rings. The molecule has 0 saturated heterocycles. The summed E-state index contributed by atoms with van der Waals surface area (Å²) in [5.41, 5.74) is 2.94. The molecule has 6 nitrogen and oxygen atoms in total. The molecule has 0 unspecified atom stereocenters. The first-order chi connectivity index (χ1) is 11.0. The number of sulfonamides is 1. The van der Waals surface area contributed by atoms with Crippen molar-refractivity contribution in [1.29, 1.82) is 0 Å². The number of hydrogen-bond donors (Lipinski definition) is 1. The van der Waals surface area contributed by atoms with Gasteiger partial charge in [0.15, 0.2) is 0 Å². The van der Waals surface area contributed by atoms with Crippen molar-refractivity contribution in [1.82, 2.24) is 9.78 Å². The molecule has 23 heavy (non-hydrogen) atoms. The van der Waals surface area contributed by atoms with Gasteiger partial charge in [0.25, 0.3) is 10.0 Å². The van der Waals surface area contributed by atoms with Crippen LogP contribution in [0.25, 0.3) is 0 Å². The van der Waals surface area contributed by atoms with Gasteiger partial charge in [-0.3, -0.25) is 8.99 Å². The second-order valence-electron chi connectivity index (χ2n) is 5.76. The lowest BCUT2D eigenvalue weighted by Gasteiger charge is -2.19. The smallest absolute Gasteiger partial charge is 0.268 e. The summed E-state index contributed by atoms with van der Waals surface area (Å²) < 4.78 is 29.4. The van der Waals surface area contributed by atoms with E-state index in [1.807, 2.05) is 24.3 Å². The lowest BCUT2D eigenvalue weighted by molar-refractivity contribution is 0.276. The summed E-state index contributed by atoms with van der Waals surface area (Å²) in [4.78, 5) is 0.284. The van der Waals surface area contributed by atoms with Gasteiger partial charge in [0.1, 0.15) is 4.90 Å². The average molecular weight is 335 g/mol. The van der Waals surface area contributed by atoms with E-state index in [1.165, 1.54) is 4.31 Å². The van der Waals surface area contributed by atoms with Crippen LogP contribution < -0.4 is 4.31 Å². The number of para-hydroxylation sites is 1. The Morgan fingerprint density at radius 3 is 2.74 bits per heavy atom. The number of aromatic nitrogens is 2. The van der Waals surface area contributed by atoms with Gasteiger partial charge in [-0.05, 0) is 38.3 Å². The molecule has 0 saturated carbocycles. The number of rotatable bonds is 5. The summed E-state index contributed by atoms with van der Waals surface area (Å²) in [6.45, 7) is 4.52. The van der Waals surface area contributed by atoms with E-state index in [9.17, 15) is 8.42 Å². The van der Waals surface area contributed by atoms with Crippen LogP contribution in [0, 0.1) is 13.8 Å². The predicted molar refractivity (Wildman–Crippen MR) is 88.1 cm³/mol. The van der Waals surface area contributed by atoms with Crippen LogP contribution >= 0.6 is 0 Å². The van der Waals surface area contributed by atoms with E-state index in [0.717, 1.165) is 17.7 Å². The van der Waals surface area contributed by atoms with Gasteiger partial charge in [-0.25, -0.2) is 8.42 Å². The standard InChI is InChI=1S/C16H21N3O3S/c1-12-16(13(2)18(17-12)9-5-11-20)23(21,22)19-10-8-14-6-3-4-7-15(14)19/h3-4,6-7,20H,5,8-11H2,1-2H3. The minimum Gasteiger partial charge on any atom is -0.396 e. The van der Waals surface area contributed by atoms with Crippen LogP contribution in [-0.4, -0.2) is 36.5 Å². The third-order valence-electron chi connectivity index (χ3n) is 4.24. The highest BCUT2D eigenvalue weighted by molar-refractivity contribution is 7.93. The summed E-state index contributed by atoms with van der Waals surface area (Å²) in [7, 11) is -3.63. The Hall–Kier alpha value is -1.86. The van der Waals surface area contributed by atoms with Crippen molar-refractivity contribution in [2.75, 3.05) is 17.5 Å². The molecule has 2 aromatic rings. The van der Waals surface area contributed by atoms with E-state index in [-0.39, 0.29) is 11.5 Å². The van der Waals surface area contributed by atoms with E-state index in [4.69, 9.17) is 5.11 Å². The molecule has 1 aliphatic rings. The van der Waals surface area contributed by atoms with Crippen molar-refractivity contribution in [2.45, 2.75) is 38.1 Å². The Labute approximate surface area is 136 Å². The quantitative estimate of drug-likeness (QED) is 0.901. The van der Waals surface area contributed by atoms with Crippen LogP contribution in [0.2, 0.25) is 0 Å². The van der Waals surface area contributed by atoms with Gasteiger partial charge in [0, 0.05) is 19.7 Å². The minimum absolute atomic E-state index is 0.0555. The van der Waals surface area contributed by atoms with Crippen molar-refractivity contribution < 1.29 is 13.5 Å². The fraction of sp³-hybridized carbons (Fsp3) is 0.438. The van der Waals surface area contributed by atoms with Gasteiger partial charge >= 0.3 is 0 Å². The van der Waals surface area contributed by atoms with E-state index >= 15 is 0 Å². The molecule has 1 aromatic carbocycles. The number of aryl methyl sites for hydroxylation is 2. The first-order valence-electron chi connectivity index (χ1n) is 7.72. The maximum Gasteiger partial charge on any atom is 0.268 e. The highest BCUT2D eigenvalue weighted by atomic mass is 32.2. The Morgan fingerprint density at radius 1 is 1.26 bits per heavy atom. The zero-order valence-electron chi connectivity index (χ0n) is 13.4. The first kappa shape index (κ1) is 16.0. The van der Waals surface area contributed by atoms with Crippen LogP contribution in [0.3, 0.4) is 0 Å². The Morgan fingerprint density at radius 2 is 2.00 bits per heavy atom. The summed E-state index contributed by atoms with van der Waals surface area (Å²) >= 11 is 0. The molecule has 124 valence electrons. The van der Waals surface area contributed by atoms with Crippen LogP contribution in [0.1, 0.15) is 23.4 Å². The molecule has 1 aromatic heterocycles. The lowest BCUT2D eigenvalue weighted by Crippen LogP contribution is -2.30. The largest absolute Gasteiger partial charge is 0.396 e. The van der Waals surface area contributed by atoms with Crippen LogP contribution in [0.5, 0.6) is 0 Å². The van der Waals surface area contributed by atoms with Crippen LogP contribution in [-0.2, 0) is 23.0 Å². The summed E-state index contributed by atoms with van der Waals surface area (Å²) in [5.74, 6) is 0. The highest BCUT2D eigenvalue weighted by Gasteiger charge is 2.34. The minimum atomic E-state index is -3.63. The van der Waals surface area contributed by atoms with Gasteiger partial charge in [-0.15, -0.1) is 0 Å². The topological polar surface area (TPSA) is 75.4 Å². The molecule has 1 N–H and O–H groups in total. The molecule has 7 heteroatoms. The van der Waals surface area contributed by atoms with Gasteiger partial charge in [-0.2, -0.15) is 5.10 Å². The number of anilines is 1. The number of aliphatic hydroxyl groups excluding tert-OH is 1. The van der Waals surface area contributed by atoms with Crippen LogP contribution in [0.4, 0.5) is 5.69 Å². The molecular weight excluding hydrogens is 314 g/mol. The number of nitrogens with zero attached hydrogens (tertiary/aromatic N) is 3. The maximum atomic E-state index is 13.1. The molecule has 0 spiro atoms. The molecule has 3 rings (SSSR count). The third kappa shape index (κ3) is 2.64. The maximum absolute atomic E-state index is 13.1. The molecule has 0 bridgehead atoms. The lowest BCUT2D eigenvalue weighted by atomic mass is 10.2. The van der Waals surface area contributed by atoms with Gasteiger partial charge < -0.3 is 5.11 Å². The molecule has 0 amide bonds. The van der Waals surface area contributed by atoms with Crippen LogP contribution in [0.15, 0.2) is 29.2 Å². The Balaban J connectivity index is 2.03. The zero-order chi connectivity index (χ0) is 16.6. The molecular formula is C16H21N3O3S. The molecule has 1 aliphatic heterocycles. The highest BCUT2D eigenvalue weighted by Crippen LogP contribution is 2.34. The molecule has 0 radical (unpaired) electrons. The van der Waals surface area contributed by atoms with Gasteiger partial charge in [0.2, 0.25) is 0 Å². The molecule has 0 atom stereocenters. The van der Waals surface area contributed by atoms with Crippen molar-refractivity contribution in [3.63, 3.8) is 0 Å².